The van der Waals surface area contributed by atoms with Crippen LogP contribution < -0.4 is 10.1 Å². The molecule has 0 bridgehead atoms. The topological polar surface area (TPSA) is 51.2 Å². The maximum absolute atomic E-state index is 12.4. The molecule has 3 aromatic rings. The fraction of sp³-hybridized carbons (Fsp3) is 0.158. The Bertz CT molecular complexity index is 861. The van der Waals surface area contributed by atoms with Gasteiger partial charge in [-0.15, -0.1) is 0 Å². The summed E-state index contributed by atoms with van der Waals surface area (Å²) in [5.74, 6) is -0.0534. The molecule has 0 atom stereocenters. The maximum Gasteiger partial charge on any atom is 0.387 e. The number of aromatic nitrogens is 1. The van der Waals surface area contributed by atoms with Crippen molar-refractivity contribution < 1.29 is 18.3 Å². The zero-order valence-electron chi connectivity index (χ0n) is 13.3. The van der Waals surface area contributed by atoms with Gasteiger partial charge in [0.1, 0.15) is 5.75 Å². The Balaban J connectivity index is 1.59. The molecule has 0 saturated carbocycles. The Morgan fingerprint density at radius 1 is 1.08 bits per heavy atom. The molecule has 4 nitrogen and oxygen atoms in total. The summed E-state index contributed by atoms with van der Waals surface area (Å²) in [5, 5.41) is 3.67. The van der Waals surface area contributed by atoms with Gasteiger partial charge in [-0.25, -0.2) is 0 Å². The molecular weight excluding hydrogens is 326 g/mol. The maximum atomic E-state index is 12.4. The molecule has 128 valence electrons. The highest BCUT2D eigenvalue weighted by atomic mass is 19.3. The molecule has 0 aliphatic heterocycles. The number of nitrogens with zero attached hydrogens (tertiary/aromatic N) is 1. The summed E-state index contributed by atoms with van der Waals surface area (Å²) in [6.45, 7) is -2.40. The van der Waals surface area contributed by atoms with E-state index in [1.807, 2.05) is 24.3 Å². The van der Waals surface area contributed by atoms with Crippen molar-refractivity contribution in [3.8, 4) is 5.75 Å². The Hall–Kier alpha value is -3.02. The van der Waals surface area contributed by atoms with Crippen LogP contribution in [0.25, 0.3) is 10.9 Å². The van der Waals surface area contributed by atoms with Crippen molar-refractivity contribution in [1.29, 1.82) is 0 Å². The van der Waals surface area contributed by atoms with Crippen LogP contribution in [0, 0.1) is 0 Å². The summed E-state index contributed by atoms with van der Waals surface area (Å²) in [7, 11) is 0. The van der Waals surface area contributed by atoms with Crippen molar-refractivity contribution in [3.63, 3.8) is 0 Å². The van der Waals surface area contributed by atoms with E-state index in [0.717, 1.165) is 16.5 Å². The summed E-state index contributed by atoms with van der Waals surface area (Å²) in [5.41, 5.74) is 2.26. The molecule has 0 spiro atoms. The minimum Gasteiger partial charge on any atom is -0.435 e. The number of pyridine rings is 1. The number of carbonyl (C=O) groups excluding carboxylic acids is 1. The first-order valence-electron chi connectivity index (χ1n) is 7.79. The molecule has 1 amide bonds. The molecule has 0 aliphatic carbocycles. The number of halogens is 2. The van der Waals surface area contributed by atoms with Crippen LogP contribution in [0.15, 0.2) is 60.8 Å². The number of ether oxygens (including phenoxy) is 1. The Labute approximate surface area is 143 Å². The third kappa shape index (κ3) is 4.29. The molecule has 1 N–H and O–H groups in total. The number of carbonyl (C=O) groups is 1. The van der Waals surface area contributed by atoms with Crippen LogP contribution in [0.2, 0.25) is 0 Å². The van der Waals surface area contributed by atoms with Crippen LogP contribution in [0.1, 0.15) is 15.9 Å². The lowest BCUT2D eigenvalue weighted by molar-refractivity contribution is -0.0498. The second-order valence-corrected chi connectivity index (χ2v) is 5.40. The molecule has 25 heavy (non-hydrogen) atoms. The van der Waals surface area contributed by atoms with E-state index in [2.05, 4.69) is 15.0 Å². The lowest BCUT2D eigenvalue weighted by Crippen LogP contribution is -2.25. The van der Waals surface area contributed by atoms with Crippen molar-refractivity contribution in [2.24, 2.45) is 0 Å². The fourth-order valence-corrected chi connectivity index (χ4v) is 2.55. The van der Waals surface area contributed by atoms with E-state index in [-0.39, 0.29) is 11.7 Å². The summed E-state index contributed by atoms with van der Waals surface area (Å²) in [4.78, 5) is 16.6. The number of hydrogen-bond donors (Lipinski definition) is 1. The Morgan fingerprint density at radius 3 is 2.60 bits per heavy atom. The van der Waals surface area contributed by atoms with Crippen LogP contribution >= 0.6 is 0 Å². The van der Waals surface area contributed by atoms with E-state index >= 15 is 0 Å². The first kappa shape index (κ1) is 16.8. The number of para-hydroxylation sites is 1. The number of nitrogens with one attached hydrogen (secondary N) is 1. The van der Waals surface area contributed by atoms with Gasteiger partial charge in [-0.05, 0) is 36.2 Å². The zero-order chi connectivity index (χ0) is 17.6. The average Bonchev–Trinajstić information content (AvgIpc) is 2.62. The van der Waals surface area contributed by atoms with Crippen LogP contribution in [-0.2, 0) is 6.42 Å². The number of alkyl halides is 2. The van der Waals surface area contributed by atoms with E-state index in [1.54, 1.807) is 24.4 Å². The SMILES string of the molecule is O=C(NCCc1ccc(OC(F)F)cc1)c1ccnc2ccccc12. The Kier molecular flexibility index (Phi) is 5.18. The third-order valence-electron chi connectivity index (χ3n) is 3.74. The fourth-order valence-electron chi connectivity index (χ4n) is 2.55. The lowest BCUT2D eigenvalue weighted by atomic mass is 10.1. The molecule has 0 radical (unpaired) electrons. The number of fused-ring (bicyclic) bond motifs is 1. The summed E-state index contributed by atoms with van der Waals surface area (Å²) in [6, 6.07) is 15.5. The molecule has 0 saturated heterocycles. The highest BCUT2D eigenvalue weighted by Gasteiger charge is 2.10. The Morgan fingerprint density at radius 2 is 1.84 bits per heavy atom. The second kappa shape index (κ2) is 7.70. The predicted molar refractivity (Wildman–Crippen MR) is 90.9 cm³/mol. The summed E-state index contributed by atoms with van der Waals surface area (Å²) in [6.07, 6.45) is 2.20. The smallest absolute Gasteiger partial charge is 0.387 e. The van der Waals surface area contributed by atoms with Crippen LogP contribution in [-0.4, -0.2) is 24.0 Å². The monoisotopic (exact) mass is 342 g/mol. The molecule has 0 aliphatic rings. The van der Waals surface area contributed by atoms with Crippen LogP contribution in [0.4, 0.5) is 8.78 Å². The van der Waals surface area contributed by atoms with Gasteiger partial charge in [0.2, 0.25) is 0 Å². The van der Waals surface area contributed by atoms with Crippen LogP contribution in [0.5, 0.6) is 5.75 Å². The van der Waals surface area contributed by atoms with Crippen LogP contribution in [0.3, 0.4) is 0 Å². The van der Waals surface area contributed by atoms with Crippen molar-refractivity contribution in [2.75, 3.05) is 6.54 Å². The second-order valence-electron chi connectivity index (χ2n) is 5.40. The van der Waals surface area contributed by atoms with Gasteiger partial charge >= 0.3 is 6.61 Å². The molecule has 0 unspecified atom stereocenters. The van der Waals surface area contributed by atoms with Gasteiger partial charge in [-0.1, -0.05) is 30.3 Å². The highest BCUT2D eigenvalue weighted by molar-refractivity contribution is 6.05. The molecule has 1 heterocycles. The molecular formula is C19H16F2N2O2. The van der Waals surface area contributed by atoms with E-state index in [9.17, 15) is 13.6 Å². The molecule has 0 fully saturated rings. The molecule has 2 aromatic carbocycles. The number of amides is 1. The number of benzene rings is 2. The van der Waals surface area contributed by atoms with Crippen molar-refractivity contribution >= 4 is 16.8 Å². The van der Waals surface area contributed by atoms with E-state index < -0.39 is 6.61 Å². The molecule has 1 aromatic heterocycles. The lowest BCUT2D eigenvalue weighted by Gasteiger charge is -2.08. The first-order chi connectivity index (χ1) is 12.1. The first-order valence-corrected chi connectivity index (χ1v) is 7.79. The van der Waals surface area contributed by atoms with E-state index in [1.165, 1.54) is 12.1 Å². The number of rotatable bonds is 6. The standard InChI is InChI=1S/C19H16F2N2O2/c20-19(21)25-14-7-5-13(6-8-14)9-11-23-18(24)16-10-12-22-17-4-2-1-3-15(16)17/h1-8,10,12,19H,9,11H2,(H,23,24). The number of hydrogen-bond acceptors (Lipinski definition) is 3. The zero-order valence-corrected chi connectivity index (χ0v) is 13.3. The van der Waals surface area contributed by atoms with Crippen molar-refractivity contribution in [3.05, 3.63) is 71.9 Å². The van der Waals surface area contributed by atoms with Gasteiger partial charge < -0.3 is 10.1 Å². The third-order valence-corrected chi connectivity index (χ3v) is 3.74. The van der Waals surface area contributed by atoms with Gasteiger partial charge in [0.15, 0.2) is 0 Å². The highest BCUT2D eigenvalue weighted by Crippen LogP contribution is 2.17. The van der Waals surface area contributed by atoms with Crippen molar-refractivity contribution in [2.45, 2.75) is 13.0 Å². The average molecular weight is 342 g/mol. The van der Waals surface area contributed by atoms with Gasteiger partial charge in [0.05, 0.1) is 11.1 Å². The predicted octanol–water partition coefficient (Wildman–Crippen LogP) is 3.81. The quantitative estimate of drug-likeness (QED) is 0.741. The largest absolute Gasteiger partial charge is 0.435 e. The molecule has 3 rings (SSSR count). The normalized spacial score (nSPS) is 10.8. The molecule has 6 heteroatoms. The van der Waals surface area contributed by atoms with Gasteiger partial charge in [-0.2, -0.15) is 8.78 Å². The van der Waals surface area contributed by atoms with E-state index in [4.69, 9.17) is 0 Å². The minimum absolute atomic E-state index is 0.117. The summed E-state index contributed by atoms with van der Waals surface area (Å²) < 4.78 is 28.5. The van der Waals surface area contributed by atoms with Gasteiger partial charge in [0.25, 0.3) is 5.91 Å². The van der Waals surface area contributed by atoms with Crippen molar-refractivity contribution in [1.82, 2.24) is 10.3 Å². The van der Waals surface area contributed by atoms with E-state index in [0.29, 0.717) is 18.5 Å². The van der Waals surface area contributed by atoms with Gasteiger partial charge in [-0.3, -0.25) is 9.78 Å². The minimum atomic E-state index is -2.83. The summed E-state index contributed by atoms with van der Waals surface area (Å²) >= 11 is 0. The van der Waals surface area contributed by atoms with Gasteiger partial charge in [0, 0.05) is 18.1 Å².